The van der Waals surface area contributed by atoms with Crippen LogP contribution in [-0.4, -0.2) is 35.4 Å². The van der Waals surface area contributed by atoms with Crippen molar-refractivity contribution in [3.63, 3.8) is 0 Å². The van der Waals surface area contributed by atoms with Crippen molar-refractivity contribution in [3.8, 4) is 0 Å². The summed E-state index contributed by atoms with van der Waals surface area (Å²) in [5, 5.41) is 8.82. The third-order valence-electron chi connectivity index (χ3n) is 1.60. The van der Waals surface area contributed by atoms with Crippen LogP contribution < -0.4 is 5.32 Å². The second kappa shape index (κ2) is 5.23. The van der Waals surface area contributed by atoms with Crippen molar-refractivity contribution in [2.24, 2.45) is 0 Å². The second-order valence-electron chi connectivity index (χ2n) is 3.00. The Kier molecular flexibility index (Phi) is 4.78. The molecule has 1 unspecified atom stereocenters. The molecule has 0 bridgehead atoms. The zero-order chi connectivity index (χ0) is 13.9. The predicted molar refractivity (Wildman–Crippen MR) is 40.9 cm³/mol. The van der Waals surface area contributed by atoms with Crippen LogP contribution in [0.4, 0.5) is 26.3 Å². The number of hydrogen-bond acceptors (Lipinski definition) is 2. The van der Waals surface area contributed by atoms with Crippen LogP contribution in [-0.2, 0) is 9.59 Å². The van der Waals surface area contributed by atoms with Gasteiger partial charge in [-0.3, -0.25) is 9.59 Å². The molecule has 0 aromatic carbocycles. The number of amides is 1. The molecule has 10 heteroatoms. The van der Waals surface area contributed by atoms with Crippen molar-refractivity contribution < 1.29 is 41.0 Å². The van der Waals surface area contributed by atoms with Gasteiger partial charge in [0.2, 0.25) is 0 Å². The summed E-state index contributed by atoms with van der Waals surface area (Å²) in [6, 6.07) is -2.84. The highest BCUT2D eigenvalue weighted by atomic mass is 19.4. The maximum atomic E-state index is 12.1. The smallest absolute Gasteiger partial charge is 0.471 e. The molecule has 2 N–H and O–H groups in total. The first-order valence-corrected chi connectivity index (χ1v) is 4.10. The number of nitrogens with one attached hydrogen (secondary N) is 1. The van der Waals surface area contributed by atoms with Gasteiger partial charge in [0.1, 0.15) is 6.04 Å². The first-order chi connectivity index (χ1) is 7.44. The number of rotatable bonds is 4. The molecule has 0 aromatic rings. The lowest BCUT2D eigenvalue weighted by Gasteiger charge is -2.21. The van der Waals surface area contributed by atoms with Crippen LogP contribution in [0.5, 0.6) is 0 Å². The molecule has 0 radical (unpaired) electrons. The fourth-order valence-corrected chi connectivity index (χ4v) is 0.826. The molecular weight excluding hydrogens is 260 g/mol. The first kappa shape index (κ1) is 15.5. The SMILES string of the molecule is O=C(O)CCC(NC(=O)C(F)(F)F)C(F)(F)F. The van der Waals surface area contributed by atoms with Crippen molar-refractivity contribution in [1.82, 2.24) is 5.32 Å². The molecular formula is C7H7F6NO3. The predicted octanol–water partition coefficient (Wildman–Crippen LogP) is 1.46. The number of halogens is 6. The summed E-state index contributed by atoms with van der Waals surface area (Å²) in [5.41, 5.74) is 0. The van der Waals surface area contributed by atoms with E-state index in [0.717, 1.165) is 0 Å². The van der Waals surface area contributed by atoms with E-state index in [2.05, 4.69) is 0 Å². The summed E-state index contributed by atoms with van der Waals surface area (Å²) in [4.78, 5) is 20.3. The van der Waals surface area contributed by atoms with Gasteiger partial charge in [0.05, 0.1) is 0 Å². The minimum absolute atomic E-state index is 0.700. The average Bonchev–Trinajstić information content (AvgIpc) is 2.07. The van der Waals surface area contributed by atoms with Gasteiger partial charge in [0, 0.05) is 6.42 Å². The van der Waals surface area contributed by atoms with Gasteiger partial charge < -0.3 is 10.4 Å². The number of carboxylic acids is 1. The fourth-order valence-electron chi connectivity index (χ4n) is 0.826. The summed E-state index contributed by atoms with van der Waals surface area (Å²) in [7, 11) is 0. The van der Waals surface area contributed by atoms with Crippen molar-refractivity contribution >= 4 is 11.9 Å². The number of carbonyl (C=O) groups is 2. The molecule has 0 aromatic heterocycles. The third kappa shape index (κ3) is 5.97. The summed E-state index contributed by atoms with van der Waals surface area (Å²) >= 11 is 0. The molecule has 0 fully saturated rings. The lowest BCUT2D eigenvalue weighted by Crippen LogP contribution is -2.50. The maximum absolute atomic E-state index is 12.1. The molecule has 17 heavy (non-hydrogen) atoms. The maximum Gasteiger partial charge on any atom is 0.471 e. The van der Waals surface area contributed by atoms with E-state index in [0.29, 0.717) is 5.32 Å². The Labute approximate surface area is 90.6 Å². The zero-order valence-corrected chi connectivity index (χ0v) is 8.02. The van der Waals surface area contributed by atoms with Gasteiger partial charge in [-0.1, -0.05) is 0 Å². The van der Waals surface area contributed by atoms with Gasteiger partial charge in [0.15, 0.2) is 0 Å². The van der Waals surface area contributed by atoms with E-state index < -0.39 is 43.1 Å². The molecule has 0 heterocycles. The van der Waals surface area contributed by atoms with Crippen LogP contribution in [0.3, 0.4) is 0 Å². The Hall–Kier alpha value is -1.48. The number of hydrogen-bond donors (Lipinski definition) is 2. The van der Waals surface area contributed by atoms with E-state index in [1.54, 1.807) is 0 Å². The standard InChI is InChI=1S/C7H7F6NO3/c8-6(9,10)3(1-2-4(15)16)14-5(17)7(11,12)13/h3H,1-2H2,(H,14,17)(H,15,16). The van der Waals surface area contributed by atoms with Crippen molar-refractivity contribution in [2.45, 2.75) is 31.2 Å². The summed E-state index contributed by atoms with van der Waals surface area (Å²) in [6.45, 7) is 0. The highest BCUT2D eigenvalue weighted by Crippen LogP contribution is 2.25. The lowest BCUT2D eigenvalue weighted by molar-refractivity contribution is -0.188. The molecule has 0 spiro atoms. The molecule has 0 rings (SSSR count). The van der Waals surface area contributed by atoms with Crippen LogP contribution in [0.15, 0.2) is 0 Å². The van der Waals surface area contributed by atoms with Crippen LogP contribution in [0.1, 0.15) is 12.8 Å². The molecule has 0 saturated heterocycles. The molecule has 0 aliphatic rings. The van der Waals surface area contributed by atoms with E-state index in [4.69, 9.17) is 5.11 Å². The second-order valence-corrected chi connectivity index (χ2v) is 3.00. The molecule has 0 aliphatic heterocycles. The van der Waals surface area contributed by atoms with Crippen LogP contribution >= 0.6 is 0 Å². The monoisotopic (exact) mass is 267 g/mol. The van der Waals surface area contributed by atoms with Gasteiger partial charge in [-0.25, -0.2) is 0 Å². The minimum atomic E-state index is -5.45. The Bertz CT molecular complexity index is 297. The first-order valence-electron chi connectivity index (χ1n) is 4.10. The van der Waals surface area contributed by atoms with E-state index in [1.807, 2.05) is 0 Å². The molecule has 1 amide bonds. The largest absolute Gasteiger partial charge is 0.481 e. The van der Waals surface area contributed by atoms with Crippen molar-refractivity contribution in [3.05, 3.63) is 0 Å². The van der Waals surface area contributed by atoms with Crippen LogP contribution in [0.2, 0.25) is 0 Å². The molecule has 0 saturated carbocycles. The van der Waals surface area contributed by atoms with E-state index in [9.17, 15) is 35.9 Å². The Morgan fingerprint density at radius 2 is 1.59 bits per heavy atom. The number of aliphatic carboxylic acids is 1. The Morgan fingerprint density at radius 1 is 1.12 bits per heavy atom. The van der Waals surface area contributed by atoms with Crippen LogP contribution in [0, 0.1) is 0 Å². The van der Waals surface area contributed by atoms with Gasteiger partial charge in [-0.05, 0) is 6.42 Å². The highest BCUT2D eigenvalue weighted by Gasteiger charge is 2.46. The zero-order valence-electron chi connectivity index (χ0n) is 8.02. The van der Waals surface area contributed by atoms with Gasteiger partial charge >= 0.3 is 24.2 Å². The summed E-state index contributed by atoms with van der Waals surface area (Å²) in [5.74, 6) is -4.37. The van der Waals surface area contributed by atoms with E-state index >= 15 is 0 Å². The van der Waals surface area contributed by atoms with Crippen molar-refractivity contribution in [2.75, 3.05) is 0 Å². The minimum Gasteiger partial charge on any atom is -0.481 e. The van der Waals surface area contributed by atoms with E-state index in [-0.39, 0.29) is 0 Å². The van der Waals surface area contributed by atoms with E-state index in [1.165, 1.54) is 0 Å². The topological polar surface area (TPSA) is 66.4 Å². The summed E-state index contributed by atoms with van der Waals surface area (Å²) in [6.07, 6.45) is -12.8. The van der Waals surface area contributed by atoms with Gasteiger partial charge in [0.25, 0.3) is 0 Å². The van der Waals surface area contributed by atoms with Gasteiger partial charge in [-0.15, -0.1) is 0 Å². The molecule has 4 nitrogen and oxygen atoms in total. The number of alkyl halides is 6. The fraction of sp³-hybridized carbons (Fsp3) is 0.714. The average molecular weight is 267 g/mol. The number of carbonyl (C=O) groups excluding carboxylic acids is 1. The lowest BCUT2D eigenvalue weighted by atomic mass is 10.1. The molecule has 1 atom stereocenters. The number of carboxylic acid groups (broad SMARTS) is 1. The normalized spacial score (nSPS) is 14.2. The Balaban J connectivity index is 4.62. The quantitative estimate of drug-likeness (QED) is 0.758. The molecule has 0 aliphatic carbocycles. The Morgan fingerprint density at radius 3 is 1.88 bits per heavy atom. The third-order valence-corrected chi connectivity index (χ3v) is 1.60. The van der Waals surface area contributed by atoms with Crippen LogP contribution in [0.25, 0.3) is 0 Å². The molecule has 100 valence electrons. The highest BCUT2D eigenvalue weighted by molar-refractivity contribution is 5.82. The van der Waals surface area contributed by atoms with Crippen molar-refractivity contribution in [1.29, 1.82) is 0 Å². The van der Waals surface area contributed by atoms with Gasteiger partial charge in [-0.2, -0.15) is 26.3 Å². The summed E-state index contributed by atoms with van der Waals surface area (Å²) < 4.78 is 71.5.